The molecule has 0 aliphatic heterocycles. The second-order valence-corrected chi connectivity index (χ2v) is 6.36. The Morgan fingerprint density at radius 1 is 1.04 bits per heavy atom. The van der Waals surface area contributed by atoms with Gasteiger partial charge in [0.05, 0.1) is 11.3 Å². The second kappa shape index (κ2) is 8.54. The lowest BCUT2D eigenvalue weighted by Gasteiger charge is -2.14. The number of carbonyl (C=O) groups is 2. The molecule has 142 valence electrons. The van der Waals surface area contributed by atoms with Crippen LogP contribution in [0.25, 0.3) is 11.1 Å². The Kier molecular flexibility index (Phi) is 5.91. The zero-order valence-electron chi connectivity index (χ0n) is 14.9. The molecule has 1 aromatic heterocycles. The highest BCUT2D eigenvalue weighted by Crippen LogP contribution is 2.23. The van der Waals surface area contributed by atoms with Crippen molar-refractivity contribution in [1.29, 1.82) is 0 Å². The van der Waals surface area contributed by atoms with E-state index in [2.05, 4.69) is 10.3 Å². The molecule has 7 heteroatoms. The molecule has 2 N–H and O–H groups in total. The number of benzene rings is 2. The molecule has 0 saturated carbocycles. The van der Waals surface area contributed by atoms with Crippen molar-refractivity contribution in [3.05, 3.63) is 77.6 Å². The molecule has 6 nitrogen and oxygen atoms in total. The smallest absolute Gasteiger partial charge is 0.338 e. The quantitative estimate of drug-likeness (QED) is 0.496. The third kappa shape index (κ3) is 4.66. The fourth-order valence-electron chi connectivity index (χ4n) is 2.45. The van der Waals surface area contributed by atoms with E-state index in [4.69, 9.17) is 16.3 Å². The lowest BCUT2D eigenvalue weighted by molar-refractivity contribution is -0.123. The lowest BCUT2D eigenvalue weighted by atomic mass is 10.0. The number of esters is 1. The topological polar surface area (TPSA) is 88.5 Å². The Balaban J connectivity index is 1.63. The van der Waals surface area contributed by atoms with E-state index in [-0.39, 0.29) is 10.9 Å². The number of phenols is 1. The van der Waals surface area contributed by atoms with E-state index in [1.165, 1.54) is 13.1 Å². The standard InChI is InChI=1S/C21H17ClN2O4/c1-13(20(26)24-18-3-2-12-23-19(18)22)28-21(27)16-6-4-14(5-7-16)15-8-10-17(25)11-9-15/h2-13,25H,1H3,(H,24,26)/t13-/m0/s1. The van der Waals surface area contributed by atoms with Crippen molar-refractivity contribution in [1.82, 2.24) is 4.98 Å². The van der Waals surface area contributed by atoms with Crippen LogP contribution in [-0.4, -0.2) is 28.1 Å². The highest BCUT2D eigenvalue weighted by molar-refractivity contribution is 6.32. The Bertz CT molecular complexity index is 988. The number of ether oxygens (including phenoxy) is 1. The number of pyridine rings is 1. The van der Waals surface area contributed by atoms with Crippen molar-refractivity contribution in [2.24, 2.45) is 0 Å². The van der Waals surface area contributed by atoms with Crippen LogP contribution in [0.4, 0.5) is 5.69 Å². The molecule has 2 aromatic carbocycles. The molecule has 0 saturated heterocycles. The summed E-state index contributed by atoms with van der Waals surface area (Å²) in [6, 6.07) is 16.7. The lowest BCUT2D eigenvalue weighted by Crippen LogP contribution is -2.30. The van der Waals surface area contributed by atoms with Gasteiger partial charge in [0.2, 0.25) is 0 Å². The van der Waals surface area contributed by atoms with Crippen LogP contribution in [-0.2, 0) is 9.53 Å². The van der Waals surface area contributed by atoms with E-state index in [1.54, 1.807) is 60.7 Å². The van der Waals surface area contributed by atoms with Gasteiger partial charge in [0.25, 0.3) is 5.91 Å². The zero-order valence-corrected chi connectivity index (χ0v) is 15.7. The number of anilines is 1. The Labute approximate surface area is 166 Å². The summed E-state index contributed by atoms with van der Waals surface area (Å²) in [4.78, 5) is 28.4. The van der Waals surface area contributed by atoms with Crippen LogP contribution < -0.4 is 5.32 Å². The predicted octanol–water partition coefficient (Wildman–Crippen LogP) is 4.29. The van der Waals surface area contributed by atoms with Crippen LogP contribution in [0.1, 0.15) is 17.3 Å². The molecular weight excluding hydrogens is 380 g/mol. The average Bonchev–Trinajstić information content (AvgIpc) is 2.70. The Morgan fingerprint density at radius 2 is 1.64 bits per heavy atom. The average molecular weight is 397 g/mol. The Hall–Kier alpha value is -3.38. The molecule has 0 fully saturated rings. The molecule has 0 aliphatic carbocycles. The first-order chi connectivity index (χ1) is 13.4. The summed E-state index contributed by atoms with van der Waals surface area (Å²) >= 11 is 5.90. The number of hydrogen-bond donors (Lipinski definition) is 2. The summed E-state index contributed by atoms with van der Waals surface area (Å²) in [5.74, 6) is -0.940. The van der Waals surface area contributed by atoms with E-state index in [1.807, 2.05) is 0 Å². The van der Waals surface area contributed by atoms with E-state index in [9.17, 15) is 14.7 Å². The van der Waals surface area contributed by atoms with Gasteiger partial charge in [-0.2, -0.15) is 0 Å². The first-order valence-electron chi connectivity index (χ1n) is 8.46. The molecule has 28 heavy (non-hydrogen) atoms. The van der Waals surface area contributed by atoms with Gasteiger partial charge in [-0.25, -0.2) is 9.78 Å². The van der Waals surface area contributed by atoms with Crippen LogP contribution in [0.2, 0.25) is 5.15 Å². The van der Waals surface area contributed by atoms with E-state index >= 15 is 0 Å². The summed E-state index contributed by atoms with van der Waals surface area (Å²) in [6.45, 7) is 1.47. The Morgan fingerprint density at radius 3 is 2.25 bits per heavy atom. The van der Waals surface area contributed by atoms with Crippen molar-refractivity contribution in [3.8, 4) is 16.9 Å². The van der Waals surface area contributed by atoms with Crippen molar-refractivity contribution < 1.29 is 19.4 Å². The zero-order chi connectivity index (χ0) is 20.1. The second-order valence-electron chi connectivity index (χ2n) is 6.00. The fraction of sp³-hybridized carbons (Fsp3) is 0.0952. The van der Waals surface area contributed by atoms with Gasteiger partial charge in [0.15, 0.2) is 11.3 Å². The maximum absolute atomic E-state index is 12.3. The van der Waals surface area contributed by atoms with E-state index < -0.39 is 18.0 Å². The SMILES string of the molecule is C[C@H](OC(=O)c1ccc(-c2ccc(O)cc2)cc1)C(=O)Nc1cccnc1Cl. The number of amides is 1. The molecule has 1 heterocycles. The highest BCUT2D eigenvalue weighted by Gasteiger charge is 2.20. The number of aromatic hydroxyl groups is 1. The summed E-state index contributed by atoms with van der Waals surface area (Å²) in [5, 5.41) is 12.1. The number of carbonyl (C=O) groups excluding carboxylic acids is 2. The van der Waals surface area contributed by atoms with Gasteiger partial charge in [-0.05, 0) is 54.4 Å². The van der Waals surface area contributed by atoms with Crippen molar-refractivity contribution in [3.63, 3.8) is 0 Å². The molecule has 3 rings (SSSR count). The molecule has 0 radical (unpaired) electrons. The molecule has 3 aromatic rings. The summed E-state index contributed by atoms with van der Waals surface area (Å²) in [6.07, 6.45) is 0.490. The van der Waals surface area contributed by atoms with Crippen LogP contribution in [0.3, 0.4) is 0 Å². The third-order valence-electron chi connectivity index (χ3n) is 3.99. The number of rotatable bonds is 5. The van der Waals surface area contributed by atoms with Gasteiger partial charge in [-0.15, -0.1) is 0 Å². The molecule has 0 bridgehead atoms. The van der Waals surface area contributed by atoms with Gasteiger partial charge in [-0.3, -0.25) is 4.79 Å². The monoisotopic (exact) mass is 396 g/mol. The van der Waals surface area contributed by atoms with Crippen LogP contribution in [0.5, 0.6) is 5.75 Å². The third-order valence-corrected chi connectivity index (χ3v) is 4.29. The first kappa shape index (κ1) is 19.4. The fourth-order valence-corrected chi connectivity index (χ4v) is 2.61. The summed E-state index contributed by atoms with van der Waals surface area (Å²) in [5.41, 5.74) is 2.45. The van der Waals surface area contributed by atoms with Gasteiger partial charge in [0, 0.05) is 6.20 Å². The van der Waals surface area contributed by atoms with Gasteiger partial charge >= 0.3 is 5.97 Å². The number of halogens is 1. The van der Waals surface area contributed by atoms with Crippen molar-refractivity contribution in [2.45, 2.75) is 13.0 Å². The van der Waals surface area contributed by atoms with E-state index in [0.29, 0.717) is 11.3 Å². The highest BCUT2D eigenvalue weighted by atomic mass is 35.5. The van der Waals surface area contributed by atoms with Crippen molar-refractivity contribution >= 4 is 29.2 Å². The molecule has 1 amide bonds. The molecule has 0 unspecified atom stereocenters. The minimum absolute atomic E-state index is 0.152. The van der Waals surface area contributed by atoms with Crippen molar-refractivity contribution in [2.75, 3.05) is 5.32 Å². The molecule has 1 atom stereocenters. The normalized spacial score (nSPS) is 11.5. The van der Waals surface area contributed by atoms with Gasteiger partial charge in [-0.1, -0.05) is 35.9 Å². The minimum Gasteiger partial charge on any atom is -0.508 e. The number of hydrogen-bond acceptors (Lipinski definition) is 5. The maximum atomic E-state index is 12.3. The van der Waals surface area contributed by atoms with Gasteiger partial charge < -0.3 is 15.2 Å². The summed E-state index contributed by atoms with van der Waals surface area (Å²) < 4.78 is 5.22. The number of phenolic OH excluding ortho intramolecular Hbond substituents is 1. The summed E-state index contributed by atoms with van der Waals surface area (Å²) in [7, 11) is 0. The van der Waals surface area contributed by atoms with Crippen LogP contribution >= 0.6 is 11.6 Å². The van der Waals surface area contributed by atoms with Crippen LogP contribution in [0.15, 0.2) is 66.9 Å². The predicted molar refractivity (Wildman–Crippen MR) is 106 cm³/mol. The molecule has 0 aliphatic rings. The number of aromatic nitrogens is 1. The molecule has 0 spiro atoms. The number of nitrogens with one attached hydrogen (secondary N) is 1. The maximum Gasteiger partial charge on any atom is 0.338 e. The van der Waals surface area contributed by atoms with E-state index in [0.717, 1.165) is 11.1 Å². The van der Waals surface area contributed by atoms with Crippen LogP contribution in [0, 0.1) is 0 Å². The largest absolute Gasteiger partial charge is 0.508 e. The molecular formula is C21H17ClN2O4. The minimum atomic E-state index is -1.01. The van der Waals surface area contributed by atoms with Gasteiger partial charge in [0.1, 0.15) is 5.75 Å². The number of nitrogens with zero attached hydrogens (tertiary/aromatic N) is 1. The first-order valence-corrected chi connectivity index (χ1v) is 8.83.